The van der Waals surface area contributed by atoms with Crippen LogP contribution in [-0.2, 0) is 4.79 Å². The lowest BCUT2D eigenvalue weighted by Crippen LogP contribution is -2.32. The zero-order chi connectivity index (χ0) is 8.97. The summed E-state index contributed by atoms with van der Waals surface area (Å²) in [5.41, 5.74) is 0. The fraction of sp³-hybridized carbons (Fsp3) is 0.889. The van der Waals surface area contributed by atoms with E-state index in [0.717, 1.165) is 12.5 Å². The monoisotopic (exact) mass is 171 g/mol. The molecule has 0 aromatic rings. The molecule has 1 atom stereocenters. The van der Waals surface area contributed by atoms with Crippen LogP contribution in [0.4, 0.5) is 0 Å². The van der Waals surface area contributed by atoms with Crippen LogP contribution >= 0.6 is 0 Å². The van der Waals surface area contributed by atoms with E-state index in [1.165, 1.54) is 19.3 Å². The summed E-state index contributed by atoms with van der Waals surface area (Å²) >= 11 is 0. The zero-order valence-electron chi connectivity index (χ0n) is 7.55. The summed E-state index contributed by atoms with van der Waals surface area (Å²) in [5.74, 6) is -0.160. The number of hydrogen-bond acceptors (Lipinski definition) is 2. The summed E-state index contributed by atoms with van der Waals surface area (Å²) in [7, 11) is 0. The molecule has 70 valence electrons. The highest BCUT2D eigenvalue weighted by Gasteiger charge is 2.17. The quantitative estimate of drug-likeness (QED) is 0.651. The molecule has 1 rings (SSSR count). The number of carboxylic acid groups (broad SMARTS) is 1. The Hall–Kier alpha value is -0.570. The van der Waals surface area contributed by atoms with E-state index in [2.05, 4.69) is 5.32 Å². The Balaban J connectivity index is 1.97. The van der Waals surface area contributed by atoms with Gasteiger partial charge >= 0.3 is 5.97 Å². The van der Waals surface area contributed by atoms with Gasteiger partial charge in [0.2, 0.25) is 0 Å². The average Bonchev–Trinajstić information content (AvgIpc) is 1.93. The molecular weight excluding hydrogens is 154 g/mol. The molecule has 0 amide bonds. The normalized spacial score (nSPS) is 20.1. The SMILES string of the molecule is CC(CNCC1CCC1)C(=O)O. The molecule has 1 fully saturated rings. The summed E-state index contributed by atoms with van der Waals surface area (Å²) in [4.78, 5) is 10.4. The summed E-state index contributed by atoms with van der Waals surface area (Å²) in [5, 5.41) is 11.8. The topological polar surface area (TPSA) is 49.3 Å². The van der Waals surface area contributed by atoms with Gasteiger partial charge in [0, 0.05) is 6.54 Å². The maximum atomic E-state index is 10.4. The minimum absolute atomic E-state index is 0.259. The van der Waals surface area contributed by atoms with Crippen molar-refractivity contribution in [3.8, 4) is 0 Å². The number of carboxylic acids is 1. The van der Waals surface area contributed by atoms with Crippen molar-refractivity contribution in [1.82, 2.24) is 5.32 Å². The molecule has 3 nitrogen and oxygen atoms in total. The number of hydrogen-bond donors (Lipinski definition) is 2. The predicted molar refractivity (Wildman–Crippen MR) is 47.0 cm³/mol. The van der Waals surface area contributed by atoms with Gasteiger partial charge < -0.3 is 10.4 Å². The standard InChI is InChI=1S/C9H17NO2/c1-7(9(11)12)5-10-6-8-3-2-4-8/h7-8,10H,2-6H2,1H3,(H,11,12). The molecule has 1 aliphatic rings. The maximum absolute atomic E-state index is 10.4. The van der Waals surface area contributed by atoms with Gasteiger partial charge in [-0.05, 0) is 25.3 Å². The van der Waals surface area contributed by atoms with Crippen LogP contribution in [0.1, 0.15) is 26.2 Å². The van der Waals surface area contributed by atoms with Crippen LogP contribution in [0, 0.1) is 11.8 Å². The third-order valence-corrected chi connectivity index (χ3v) is 2.53. The first-order chi connectivity index (χ1) is 5.70. The van der Waals surface area contributed by atoms with Gasteiger partial charge in [0.1, 0.15) is 0 Å². The van der Waals surface area contributed by atoms with Crippen LogP contribution in [-0.4, -0.2) is 24.2 Å². The van der Waals surface area contributed by atoms with Gasteiger partial charge in [-0.3, -0.25) is 4.79 Å². The van der Waals surface area contributed by atoms with Crippen molar-refractivity contribution in [2.45, 2.75) is 26.2 Å². The lowest BCUT2D eigenvalue weighted by molar-refractivity contribution is -0.140. The van der Waals surface area contributed by atoms with Gasteiger partial charge in [-0.15, -0.1) is 0 Å². The lowest BCUT2D eigenvalue weighted by Gasteiger charge is -2.25. The molecule has 0 spiro atoms. The third-order valence-electron chi connectivity index (χ3n) is 2.53. The van der Waals surface area contributed by atoms with Crippen molar-refractivity contribution < 1.29 is 9.90 Å². The van der Waals surface area contributed by atoms with E-state index in [0.29, 0.717) is 6.54 Å². The Labute approximate surface area is 73.2 Å². The van der Waals surface area contributed by atoms with E-state index in [9.17, 15) is 4.79 Å². The highest BCUT2D eigenvalue weighted by atomic mass is 16.4. The van der Waals surface area contributed by atoms with E-state index in [4.69, 9.17) is 5.11 Å². The Kier molecular flexibility index (Phi) is 3.53. The molecule has 3 heteroatoms. The summed E-state index contributed by atoms with van der Waals surface area (Å²) in [6.45, 7) is 3.33. The van der Waals surface area contributed by atoms with Crippen molar-refractivity contribution in [2.24, 2.45) is 11.8 Å². The molecule has 0 saturated heterocycles. The minimum Gasteiger partial charge on any atom is -0.481 e. The number of nitrogens with one attached hydrogen (secondary N) is 1. The number of rotatable bonds is 5. The molecule has 0 aromatic carbocycles. The van der Waals surface area contributed by atoms with Crippen molar-refractivity contribution >= 4 is 5.97 Å². The molecule has 1 aliphatic carbocycles. The van der Waals surface area contributed by atoms with Crippen LogP contribution in [0.15, 0.2) is 0 Å². The second-order valence-corrected chi connectivity index (χ2v) is 3.69. The second kappa shape index (κ2) is 4.45. The molecule has 0 aliphatic heterocycles. The first-order valence-corrected chi connectivity index (χ1v) is 4.63. The smallest absolute Gasteiger partial charge is 0.307 e. The van der Waals surface area contributed by atoms with Gasteiger partial charge in [-0.25, -0.2) is 0 Å². The average molecular weight is 171 g/mol. The molecule has 12 heavy (non-hydrogen) atoms. The Morgan fingerprint density at radius 2 is 2.33 bits per heavy atom. The fourth-order valence-electron chi connectivity index (χ4n) is 1.29. The number of aliphatic carboxylic acids is 1. The van der Waals surface area contributed by atoms with Crippen LogP contribution < -0.4 is 5.32 Å². The van der Waals surface area contributed by atoms with E-state index < -0.39 is 5.97 Å². The third kappa shape index (κ3) is 2.81. The van der Waals surface area contributed by atoms with Gasteiger partial charge in [0.05, 0.1) is 5.92 Å². The van der Waals surface area contributed by atoms with Crippen molar-refractivity contribution in [3.63, 3.8) is 0 Å². The highest BCUT2D eigenvalue weighted by molar-refractivity contribution is 5.69. The van der Waals surface area contributed by atoms with Crippen molar-refractivity contribution in [3.05, 3.63) is 0 Å². The van der Waals surface area contributed by atoms with Crippen LogP contribution in [0.5, 0.6) is 0 Å². The first kappa shape index (κ1) is 9.52. The lowest BCUT2D eigenvalue weighted by atomic mass is 9.85. The van der Waals surface area contributed by atoms with E-state index >= 15 is 0 Å². The van der Waals surface area contributed by atoms with Crippen LogP contribution in [0.25, 0.3) is 0 Å². The van der Waals surface area contributed by atoms with Crippen LogP contribution in [0.3, 0.4) is 0 Å². The summed E-state index contributed by atoms with van der Waals surface area (Å²) < 4.78 is 0. The molecular formula is C9H17NO2. The van der Waals surface area contributed by atoms with E-state index in [1.54, 1.807) is 6.92 Å². The molecule has 0 bridgehead atoms. The Morgan fingerprint density at radius 3 is 2.75 bits per heavy atom. The second-order valence-electron chi connectivity index (χ2n) is 3.69. The Bertz CT molecular complexity index is 155. The molecule has 2 N–H and O–H groups in total. The zero-order valence-corrected chi connectivity index (χ0v) is 7.55. The summed E-state index contributed by atoms with van der Waals surface area (Å²) in [6.07, 6.45) is 3.98. The van der Waals surface area contributed by atoms with E-state index in [1.807, 2.05) is 0 Å². The van der Waals surface area contributed by atoms with Crippen molar-refractivity contribution in [1.29, 1.82) is 0 Å². The molecule has 1 saturated carbocycles. The highest BCUT2D eigenvalue weighted by Crippen LogP contribution is 2.25. The van der Waals surface area contributed by atoms with Gasteiger partial charge in [0.15, 0.2) is 0 Å². The maximum Gasteiger partial charge on any atom is 0.307 e. The molecule has 0 radical (unpaired) electrons. The number of carbonyl (C=O) groups is 1. The fourth-order valence-corrected chi connectivity index (χ4v) is 1.29. The minimum atomic E-state index is -0.712. The van der Waals surface area contributed by atoms with E-state index in [-0.39, 0.29) is 5.92 Å². The first-order valence-electron chi connectivity index (χ1n) is 4.63. The molecule has 0 heterocycles. The molecule has 0 aromatic heterocycles. The van der Waals surface area contributed by atoms with Crippen molar-refractivity contribution in [2.75, 3.05) is 13.1 Å². The summed E-state index contributed by atoms with van der Waals surface area (Å²) in [6, 6.07) is 0. The molecule has 1 unspecified atom stereocenters. The predicted octanol–water partition coefficient (Wildman–Crippen LogP) is 1.10. The van der Waals surface area contributed by atoms with Gasteiger partial charge in [-0.1, -0.05) is 13.3 Å². The van der Waals surface area contributed by atoms with Gasteiger partial charge in [0.25, 0.3) is 0 Å². The largest absolute Gasteiger partial charge is 0.481 e. The van der Waals surface area contributed by atoms with Gasteiger partial charge in [-0.2, -0.15) is 0 Å². The Morgan fingerprint density at radius 1 is 1.67 bits per heavy atom. The van der Waals surface area contributed by atoms with Crippen LogP contribution in [0.2, 0.25) is 0 Å².